The van der Waals surface area contributed by atoms with E-state index in [1.54, 1.807) is 14.2 Å². The zero-order chi connectivity index (χ0) is 12.0. The van der Waals surface area contributed by atoms with Crippen molar-refractivity contribution in [2.24, 2.45) is 0 Å². The second-order valence-corrected chi connectivity index (χ2v) is 3.70. The third-order valence-electron chi connectivity index (χ3n) is 2.79. The first-order chi connectivity index (χ1) is 7.76. The fraction of sp³-hybridized carbons (Fsp3) is 0.538. The van der Waals surface area contributed by atoms with Crippen LogP contribution in [0.3, 0.4) is 0 Å². The van der Waals surface area contributed by atoms with Crippen LogP contribution in [-0.4, -0.2) is 27.6 Å². The Morgan fingerprint density at radius 2 is 1.69 bits per heavy atom. The molecule has 0 spiro atoms. The van der Waals surface area contributed by atoms with E-state index in [0.29, 0.717) is 0 Å². The fourth-order valence-electron chi connectivity index (χ4n) is 1.79. The molecule has 0 bridgehead atoms. The second kappa shape index (κ2) is 6.63. The maximum atomic E-state index is 5.28. The lowest BCUT2D eigenvalue weighted by molar-refractivity contribution is -0.123. The Morgan fingerprint density at radius 3 is 2.06 bits per heavy atom. The van der Waals surface area contributed by atoms with Gasteiger partial charge in [-0.05, 0) is 24.6 Å². The van der Waals surface area contributed by atoms with E-state index in [1.807, 2.05) is 7.05 Å². The summed E-state index contributed by atoms with van der Waals surface area (Å²) < 4.78 is 10.6. The number of rotatable bonds is 6. The minimum atomic E-state index is -0.266. The predicted molar refractivity (Wildman–Crippen MR) is 65.4 cm³/mol. The Morgan fingerprint density at radius 1 is 1.12 bits per heavy atom. The molecular weight excluding hydrogens is 202 g/mol. The van der Waals surface area contributed by atoms with Gasteiger partial charge in [0, 0.05) is 14.2 Å². The van der Waals surface area contributed by atoms with Crippen molar-refractivity contribution >= 4 is 0 Å². The Bertz CT molecular complexity index is 293. The van der Waals surface area contributed by atoms with Crippen molar-refractivity contribution in [3.63, 3.8) is 0 Å². The summed E-state index contributed by atoms with van der Waals surface area (Å²) in [5.74, 6) is 0. The third kappa shape index (κ3) is 3.04. The van der Waals surface area contributed by atoms with E-state index in [0.717, 1.165) is 6.42 Å². The summed E-state index contributed by atoms with van der Waals surface area (Å²) in [6, 6.07) is 8.57. The maximum absolute atomic E-state index is 5.28. The molecule has 0 saturated heterocycles. The minimum Gasteiger partial charge on any atom is -0.354 e. The van der Waals surface area contributed by atoms with Crippen LogP contribution >= 0.6 is 0 Å². The lowest BCUT2D eigenvalue weighted by Gasteiger charge is -2.24. The molecule has 90 valence electrons. The Hall–Kier alpha value is -0.900. The van der Waals surface area contributed by atoms with Gasteiger partial charge in [0.15, 0.2) is 6.29 Å². The van der Waals surface area contributed by atoms with Gasteiger partial charge in [-0.25, -0.2) is 0 Å². The summed E-state index contributed by atoms with van der Waals surface area (Å²) >= 11 is 0. The lowest BCUT2D eigenvalue weighted by atomic mass is 10.0. The average Bonchev–Trinajstić information content (AvgIpc) is 2.36. The molecular formula is C13H21NO2. The van der Waals surface area contributed by atoms with Crippen LogP contribution in [0, 0.1) is 0 Å². The number of likely N-dealkylation sites (N-methyl/N-ethyl adjacent to an activating group) is 1. The van der Waals surface area contributed by atoms with Crippen LogP contribution in [0.25, 0.3) is 0 Å². The Labute approximate surface area is 97.8 Å². The molecule has 0 aliphatic carbocycles. The second-order valence-electron chi connectivity index (χ2n) is 3.70. The van der Waals surface area contributed by atoms with E-state index in [4.69, 9.17) is 9.47 Å². The van der Waals surface area contributed by atoms with E-state index in [9.17, 15) is 0 Å². The van der Waals surface area contributed by atoms with Gasteiger partial charge < -0.3 is 14.8 Å². The zero-order valence-electron chi connectivity index (χ0n) is 10.5. The fourth-order valence-corrected chi connectivity index (χ4v) is 1.79. The number of aryl methyl sites for hydroxylation is 1. The average molecular weight is 223 g/mol. The van der Waals surface area contributed by atoms with Gasteiger partial charge in [-0.1, -0.05) is 31.2 Å². The highest BCUT2D eigenvalue weighted by molar-refractivity contribution is 5.25. The standard InChI is InChI=1S/C13H21NO2/c1-5-10-6-8-11(9-7-10)12(14-2)13(15-3)16-4/h6-9,12-14H,5H2,1-4H3. The van der Waals surface area contributed by atoms with Crippen LogP contribution in [0.15, 0.2) is 24.3 Å². The van der Waals surface area contributed by atoms with E-state index >= 15 is 0 Å². The van der Waals surface area contributed by atoms with Crippen molar-refractivity contribution in [2.45, 2.75) is 25.7 Å². The normalized spacial score (nSPS) is 13.1. The van der Waals surface area contributed by atoms with Crippen molar-refractivity contribution < 1.29 is 9.47 Å². The van der Waals surface area contributed by atoms with Crippen LogP contribution in [0.5, 0.6) is 0 Å². The van der Waals surface area contributed by atoms with E-state index in [1.165, 1.54) is 11.1 Å². The number of nitrogens with one attached hydrogen (secondary N) is 1. The van der Waals surface area contributed by atoms with Crippen LogP contribution in [0.2, 0.25) is 0 Å². The highest BCUT2D eigenvalue weighted by Crippen LogP contribution is 2.19. The third-order valence-corrected chi connectivity index (χ3v) is 2.79. The molecule has 0 aliphatic heterocycles. The summed E-state index contributed by atoms with van der Waals surface area (Å²) in [7, 11) is 5.21. The van der Waals surface area contributed by atoms with Crippen molar-refractivity contribution in [1.29, 1.82) is 0 Å². The van der Waals surface area contributed by atoms with E-state index in [-0.39, 0.29) is 12.3 Å². The molecule has 1 unspecified atom stereocenters. The molecule has 1 aromatic carbocycles. The summed E-state index contributed by atoms with van der Waals surface area (Å²) in [5.41, 5.74) is 2.51. The van der Waals surface area contributed by atoms with Gasteiger partial charge in [0.05, 0.1) is 6.04 Å². The van der Waals surface area contributed by atoms with Crippen LogP contribution in [-0.2, 0) is 15.9 Å². The first-order valence-electron chi connectivity index (χ1n) is 5.58. The van der Waals surface area contributed by atoms with Crippen LogP contribution < -0.4 is 5.32 Å². The molecule has 16 heavy (non-hydrogen) atoms. The molecule has 0 radical (unpaired) electrons. The summed E-state index contributed by atoms with van der Waals surface area (Å²) in [6.07, 6.45) is 0.792. The molecule has 0 aromatic heterocycles. The predicted octanol–water partition coefficient (Wildman–Crippen LogP) is 2.13. The lowest BCUT2D eigenvalue weighted by Crippen LogP contribution is -2.32. The first-order valence-corrected chi connectivity index (χ1v) is 5.58. The van der Waals surface area contributed by atoms with Gasteiger partial charge >= 0.3 is 0 Å². The largest absolute Gasteiger partial charge is 0.354 e. The molecule has 3 heteroatoms. The van der Waals surface area contributed by atoms with Gasteiger partial charge in [-0.2, -0.15) is 0 Å². The topological polar surface area (TPSA) is 30.5 Å². The van der Waals surface area contributed by atoms with Gasteiger partial charge in [0.25, 0.3) is 0 Å². The number of hydrogen-bond donors (Lipinski definition) is 1. The van der Waals surface area contributed by atoms with Crippen molar-refractivity contribution in [2.75, 3.05) is 21.3 Å². The SMILES string of the molecule is CCc1ccc(C(NC)C(OC)OC)cc1. The highest BCUT2D eigenvalue weighted by atomic mass is 16.7. The van der Waals surface area contributed by atoms with Crippen LogP contribution in [0.4, 0.5) is 0 Å². The summed E-state index contributed by atoms with van der Waals surface area (Å²) in [5, 5.41) is 3.21. The first kappa shape index (κ1) is 13.2. The van der Waals surface area contributed by atoms with E-state index < -0.39 is 0 Å². The Balaban J connectivity index is 2.85. The molecule has 1 N–H and O–H groups in total. The monoisotopic (exact) mass is 223 g/mol. The van der Waals surface area contributed by atoms with Crippen molar-refractivity contribution in [1.82, 2.24) is 5.32 Å². The van der Waals surface area contributed by atoms with Crippen molar-refractivity contribution in [3.05, 3.63) is 35.4 Å². The van der Waals surface area contributed by atoms with Gasteiger partial charge in [-0.15, -0.1) is 0 Å². The number of benzene rings is 1. The van der Waals surface area contributed by atoms with Crippen LogP contribution in [0.1, 0.15) is 24.1 Å². The van der Waals surface area contributed by atoms with Gasteiger partial charge in [0.1, 0.15) is 0 Å². The van der Waals surface area contributed by atoms with Gasteiger partial charge in [-0.3, -0.25) is 0 Å². The number of ether oxygens (including phenoxy) is 2. The molecule has 0 heterocycles. The minimum absolute atomic E-state index is 0.0564. The number of hydrogen-bond acceptors (Lipinski definition) is 3. The highest BCUT2D eigenvalue weighted by Gasteiger charge is 2.20. The van der Waals surface area contributed by atoms with Crippen molar-refractivity contribution in [3.8, 4) is 0 Å². The summed E-state index contributed by atoms with van der Waals surface area (Å²) in [6.45, 7) is 2.15. The molecule has 0 aliphatic rings. The maximum Gasteiger partial charge on any atom is 0.176 e. The molecule has 0 amide bonds. The molecule has 1 atom stereocenters. The number of methoxy groups -OCH3 is 2. The molecule has 1 rings (SSSR count). The quantitative estimate of drug-likeness (QED) is 0.749. The van der Waals surface area contributed by atoms with Gasteiger partial charge in [0.2, 0.25) is 0 Å². The molecule has 0 saturated carbocycles. The zero-order valence-corrected chi connectivity index (χ0v) is 10.5. The molecule has 1 aromatic rings. The smallest absolute Gasteiger partial charge is 0.176 e. The Kier molecular flexibility index (Phi) is 5.46. The molecule has 3 nitrogen and oxygen atoms in total. The summed E-state index contributed by atoms with van der Waals surface area (Å²) in [4.78, 5) is 0. The molecule has 0 fully saturated rings. The van der Waals surface area contributed by atoms with E-state index in [2.05, 4.69) is 36.5 Å².